The van der Waals surface area contributed by atoms with Gasteiger partial charge in [-0.25, -0.2) is 0 Å². The molecule has 25 heavy (non-hydrogen) atoms. The zero-order valence-corrected chi connectivity index (χ0v) is 14.3. The van der Waals surface area contributed by atoms with Gasteiger partial charge in [0.15, 0.2) is 11.5 Å². The fourth-order valence-electron chi connectivity index (χ4n) is 3.75. The molecule has 2 aliphatic rings. The Morgan fingerprint density at radius 2 is 2.00 bits per heavy atom. The summed E-state index contributed by atoms with van der Waals surface area (Å²) in [7, 11) is 0. The first-order chi connectivity index (χ1) is 12.3. The van der Waals surface area contributed by atoms with Crippen LogP contribution in [0.3, 0.4) is 0 Å². The van der Waals surface area contributed by atoms with E-state index in [1.165, 1.54) is 17.5 Å². The molecule has 4 rings (SSSR count). The molecule has 4 nitrogen and oxygen atoms in total. The van der Waals surface area contributed by atoms with Crippen LogP contribution in [0.5, 0.6) is 11.5 Å². The summed E-state index contributed by atoms with van der Waals surface area (Å²) in [5, 5.41) is 3.12. The third kappa shape index (κ3) is 3.63. The fourth-order valence-corrected chi connectivity index (χ4v) is 3.75. The average Bonchev–Trinajstić information content (AvgIpc) is 3.12. The van der Waals surface area contributed by atoms with Crippen molar-refractivity contribution in [3.05, 3.63) is 59.2 Å². The fraction of sp³-hybridized carbons (Fsp3) is 0.381. The first-order valence-electron chi connectivity index (χ1n) is 9.02. The van der Waals surface area contributed by atoms with Crippen LogP contribution in [0.4, 0.5) is 0 Å². The number of fused-ring (bicyclic) bond motifs is 2. The Morgan fingerprint density at radius 3 is 2.96 bits per heavy atom. The first kappa shape index (κ1) is 16.0. The van der Waals surface area contributed by atoms with Gasteiger partial charge < -0.3 is 14.8 Å². The summed E-state index contributed by atoms with van der Waals surface area (Å²) in [5.74, 6) is 2.11. The summed E-state index contributed by atoms with van der Waals surface area (Å²) in [6.45, 7) is 1.01. The first-order valence-corrected chi connectivity index (χ1v) is 9.02. The monoisotopic (exact) mass is 337 g/mol. The number of amides is 1. The van der Waals surface area contributed by atoms with Crippen molar-refractivity contribution in [1.29, 1.82) is 0 Å². The number of benzene rings is 2. The van der Waals surface area contributed by atoms with E-state index in [1.807, 2.05) is 18.2 Å². The molecule has 2 aromatic rings. The van der Waals surface area contributed by atoms with Gasteiger partial charge in [-0.15, -0.1) is 0 Å². The predicted octanol–water partition coefficient (Wildman–Crippen LogP) is 3.58. The van der Waals surface area contributed by atoms with E-state index in [2.05, 4.69) is 29.6 Å². The minimum absolute atomic E-state index is 0.112. The van der Waals surface area contributed by atoms with Gasteiger partial charge in [0.1, 0.15) is 0 Å². The topological polar surface area (TPSA) is 47.6 Å². The maximum absolute atomic E-state index is 12.2. The second-order valence-corrected chi connectivity index (χ2v) is 6.78. The number of aryl methyl sites for hydroxylation is 2. The quantitative estimate of drug-likeness (QED) is 0.907. The third-order valence-electron chi connectivity index (χ3n) is 5.12. The molecule has 0 saturated carbocycles. The standard InChI is InChI=1S/C21H23NO3/c23-21(11-9-15-8-10-19-20(12-15)25-14-24-19)22-13-17-6-3-5-16-4-1-2-7-18(16)17/h1-2,4,7-8,10,12,17H,3,5-6,9,11,13-14H2,(H,22,23). The van der Waals surface area contributed by atoms with Crippen LogP contribution < -0.4 is 14.8 Å². The Kier molecular flexibility index (Phi) is 4.59. The minimum atomic E-state index is 0.112. The zero-order chi connectivity index (χ0) is 17.1. The second-order valence-electron chi connectivity index (χ2n) is 6.78. The average molecular weight is 337 g/mol. The molecule has 1 N–H and O–H groups in total. The van der Waals surface area contributed by atoms with Crippen molar-refractivity contribution in [3.63, 3.8) is 0 Å². The summed E-state index contributed by atoms with van der Waals surface area (Å²) >= 11 is 0. The minimum Gasteiger partial charge on any atom is -0.454 e. The highest BCUT2D eigenvalue weighted by Crippen LogP contribution is 2.33. The van der Waals surface area contributed by atoms with Crippen LogP contribution in [-0.2, 0) is 17.6 Å². The van der Waals surface area contributed by atoms with Gasteiger partial charge >= 0.3 is 0 Å². The number of carbonyl (C=O) groups excluding carboxylic acids is 1. The molecule has 0 saturated heterocycles. The molecule has 1 aliphatic heterocycles. The molecule has 1 amide bonds. The Balaban J connectivity index is 1.29. The van der Waals surface area contributed by atoms with Crippen LogP contribution >= 0.6 is 0 Å². The lowest BCUT2D eigenvalue weighted by molar-refractivity contribution is -0.121. The number of hydrogen-bond acceptors (Lipinski definition) is 3. The molecule has 0 fully saturated rings. The van der Waals surface area contributed by atoms with Crippen LogP contribution in [-0.4, -0.2) is 19.2 Å². The van der Waals surface area contributed by atoms with E-state index in [-0.39, 0.29) is 12.7 Å². The lowest BCUT2D eigenvalue weighted by Crippen LogP contribution is -2.30. The van der Waals surface area contributed by atoms with Gasteiger partial charge in [0, 0.05) is 18.9 Å². The van der Waals surface area contributed by atoms with Gasteiger partial charge in [-0.1, -0.05) is 30.3 Å². The lowest BCUT2D eigenvalue weighted by atomic mass is 9.83. The van der Waals surface area contributed by atoms with Crippen molar-refractivity contribution in [2.24, 2.45) is 0 Å². The molecular formula is C21H23NO3. The van der Waals surface area contributed by atoms with Crippen molar-refractivity contribution in [2.75, 3.05) is 13.3 Å². The number of hydrogen-bond donors (Lipinski definition) is 1. The van der Waals surface area contributed by atoms with Crippen molar-refractivity contribution < 1.29 is 14.3 Å². The largest absolute Gasteiger partial charge is 0.454 e. The van der Waals surface area contributed by atoms with Gasteiger partial charge in [-0.3, -0.25) is 4.79 Å². The van der Waals surface area contributed by atoms with E-state index in [0.717, 1.165) is 36.4 Å². The van der Waals surface area contributed by atoms with E-state index in [9.17, 15) is 4.79 Å². The number of nitrogens with one attached hydrogen (secondary N) is 1. The summed E-state index contributed by atoms with van der Waals surface area (Å²) in [4.78, 5) is 12.2. The van der Waals surface area contributed by atoms with Gasteiger partial charge in [-0.2, -0.15) is 0 Å². The molecule has 130 valence electrons. The summed E-state index contributed by atoms with van der Waals surface area (Å²) in [5.41, 5.74) is 3.94. The third-order valence-corrected chi connectivity index (χ3v) is 5.12. The maximum Gasteiger partial charge on any atom is 0.231 e. The normalized spacial score (nSPS) is 17.8. The number of carbonyl (C=O) groups is 1. The molecule has 1 unspecified atom stereocenters. The van der Waals surface area contributed by atoms with Crippen molar-refractivity contribution in [3.8, 4) is 11.5 Å². The van der Waals surface area contributed by atoms with Crippen LogP contribution in [0.25, 0.3) is 0 Å². The van der Waals surface area contributed by atoms with Crippen LogP contribution in [0, 0.1) is 0 Å². The van der Waals surface area contributed by atoms with Crippen LogP contribution in [0.15, 0.2) is 42.5 Å². The van der Waals surface area contributed by atoms with Gasteiger partial charge in [-0.05, 0) is 54.5 Å². The molecule has 0 radical (unpaired) electrons. The Labute approximate surface area is 148 Å². The van der Waals surface area contributed by atoms with E-state index in [1.54, 1.807) is 0 Å². The summed E-state index contributed by atoms with van der Waals surface area (Å²) in [6, 6.07) is 14.5. The van der Waals surface area contributed by atoms with Crippen molar-refractivity contribution >= 4 is 5.91 Å². The zero-order valence-electron chi connectivity index (χ0n) is 14.3. The summed E-state index contributed by atoms with van der Waals surface area (Å²) in [6.07, 6.45) is 4.72. The molecule has 1 aliphatic carbocycles. The van der Waals surface area contributed by atoms with E-state index < -0.39 is 0 Å². The van der Waals surface area contributed by atoms with E-state index in [4.69, 9.17) is 9.47 Å². The maximum atomic E-state index is 12.2. The Bertz CT molecular complexity index is 771. The van der Waals surface area contributed by atoms with Crippen LogP contribution in [0.2, 0.25) is 0 Å². The second kappa shape index (κ2) is 7.18. The highest BCUT2D eigenvalue weighted by Gasteiger charge is 2.20. The lowest BCUT2D eigenvalue weighted by Gasteiger charge is -2.25. The van der Waals surface area contributed by atoms with Crippen molar-refractivity contribution in [2.45, 2.75) is 38.0 Å². The highest BCUT2D eigenvalue weighted by atomic mass is 16.7. The predicted molar refractivity (Wildman–Crippen MR) is 96.0 cm³/mol. The molecule has 0 bridgehead atoms. The molecule has 2 aromatic carbocycles. The number of ether oxygens (including phenoxy) is 2. The van der Waals surface area contributed by atoms with E-state index in [0.29, 0.717) is 18.8 Å². The highest BCUT2D eigenvalue weighted by molar-refractivity contribution is 5.76. The van der Waals surface area contributed by atoms with Gasteiger partial charge in [0.2, 0.25) is 12.7 Å². The van der Waals surface area contributed by atoms with Crippen molar-refractivity contribution in [1.82, 2.24) is 5.32 Å². The number of rotatable bonds is 5. The van der Waals surface area contributed by atoms with Gasteiger partial charge in [0.05, 0.1) is 0 Å². The van der Waals surface area contributed by atoms with Gasteiger partial charge in [0.25, 0.3) is 0 Å². The summed E-state index contributed by atoms with van der Waals surface area (Å²) < 4.78 is 10.7. The van der Waals surface area contributed by atoms with E-state index >= 15 is 0 Å². The SMILES string of the molecule is O=C(CCc1ccc2c(c1)OCO2)NCC1CCCc2ccccc21. The van der Waals surface area contributed by atoms with Crippen LogP contribution in [0.1, 0.15) is 41.9 Å². The molecule has 0 spiro atoms. The Morgan fingerprint density at radius 1 is 1.12 bits per heavy atom. The Hall–Kier alpha value is -2.49. The molecule has 4 heteroatoms. The molecular weight excluding hydrogens is 314 g/mol. The molecule has 0 aromatic heterocycles. The smallest absolute Gasteiger partial charge is 0.231 e. The molecule has 1 heterocycles. The molecule has 1 atom stereocenters.